The van der Waals surface area contributed by atoms with Crippen molar-refractivity contribution in [2.24, 2.45) is 0 Å². The van der Waals surface area contributed by atoms with Crippen molar-refractivity contribution in [3.8, 4) is 5.75 Å². The van der Waals surface area contributed by atoms with Crippen LogP contribution >= 0.6 is 0 Å². The summed E-state index contributed by atoms with van der Waals surface area (Å²) in [6.07, 6.45) is 2.59. The summed E-state index contributed by atoms with van der Waals surface area (Å²) in [5.74, 6) is -0.439. The maximum Gasteiger partial charge on any atom is 0.387 e. The first-order valence-corrected chi connectivity index (χ1v) is 10.3. The Hall–Kier alpha value is -2.62. The lowest BCUT2D eigenvalue weighted by molar-refractivity contribution is -0.0499. The third kappa shape index (κ3) is 5.26. The van der Waals surface area contributed by atoms with Gasteiger partial charge in [0, 0.05) is 24.2 Å². The van der Waals surface area contributed by atoms with Crippen molar-refractivity contribution in [3.63, 3.8) is 0 Å². The predicted octanol–water partition coefficient (Wildman–Crippen LogP) is 3.21. The Kier molecular flexibility index (Phi) is 6.73. The van der Waals surface area contributed by atoms with Crippen LogP contribution in [-0.2, 0) is 14.8 Å². The summed E-state index contributed by atoms with van der Waals surface area (Å²) >= 11 is 0. The van der Waals surface area contributed by atoms with Gasteiger partial charge in [0.05, 0.1) is 18.1 Å². The first-order valence-electron chi connectivity index (χ1n) is 8.82. The number of carbonyl (C=O) groups is 1. The minimum Gasteiger partial charge on any atom is -0.434 e. The molecule has 0 atom stereocenters. The minimum absolute atomic E-state index is 0.0431. The van der Waals surface area contributed by atoms with E-state index < -0.39 is 22.4 Å². The number of morpholine rings is 1. The molecule has 0 aliphatic carbocycles. The van der Waals surface area contributed by atoms with Gasteiger partial charge in [0.15, 0.2) is 5.78 Å². The molecule has 0 saturated carbocycles. The van der Waals surface area contributed by atoms with Gasteiger partial charge in [-0.05, 0) is 42.5 Å². The van der Waals surface area contributed by atoms with E-state index in [-0.39, 0.29) is 29.3 Å². The van der Waals surface area contributed by atoms with Crippen LogP contribution in [0.15, 0.2) is 59.5 Å². The van der Waals surface area contributed by atoms with Crippen LogP contribution in [0.4, 0.5) is 8.78 Å². The highest BCUT2D eigenvalue weighted by Gasteiger charge is 2.26. The van der Waals surface area contributed by atoms with Crippen LogP contribution in [0, 0.1) is 0 Å². The number of halogens is 2. The summed E-state index contributed by atoms with van der Waals surface area (Å²) in [5.41, 5.74) is 0.599. The lowest BCUT2D eigenvalue weighted by Crippen LogP contribution is -2.40. The minimum atomic E-state index is -3.64. The van der Waals surface area contributed by atoms with Crippen molar-refractivity contribution >= 4 is 21.9 Å². The molecular weight excluding hydrogens is 404 g/mol. The van der Waals surface area contributed by atoms with Crippen molar-refractivity contribution in [2.75, 3.05) is 26.3 Å². The zero-order chi connectivity index (χ0) is 20.9. The van der Waals surface area contributed by atoms with Crippen molar-refractivity contribution in [1.29, 1.82) is 0 Å². The first-order chi connectivity index (χ1) is 13.9. The molecule has 2 aromatic carbocycles. The molecule has 6 nitrogen and oxygen atoms in total. The average Bonchev–Trinajstić information content (AvgIpc) is 2.73. The second-order valence-corrected chi connectivity index (χ2v) is 8.09. The number of hydrogen-bond donors (Lipinski definition) is 0. The molecule has 0 bridgehead atoms. The van der Waals surface area contributed by atoms with E-state index in [1.165, 1.54) is 46.8 Å². The van der Waals surface area contributed by atoms with Crippen LogP contribution in [0.3, 0.4) is 0 Å². The summed E-state index contributed by atoms with van der Waals surface area (Å²) in [4.78, 5) is 12.5. The lowest BCUT2D eigenvalue weighted by Gasteiger charge is -2.26. The summed E-state index contributed by atoms with van der Waals surface area (Å²) in [6.45, 7) is -1.71. The van der Waals surface area contributed by atoms with Crippen molar-refractivity contribution in [1.82, 2.24) is 4.31 Å². The quantitative estimate of drug-likeness (QED) is 0.505. The molecule has 1 aliphatic rings. The Balaban J connectivity index is 1.73. The van der Waals surface area contributed by atoms with Crippen molar-refractivity contribution in [3.05, 3.63) is 65.7 Å². The second-order valence-electron chi connectivity index (χ2n) is 6.15. The van der Waals surface area contributed by atoms with Crippen molar-refractivity contribution in [2.45, 2.75) is 11.5 Å². The molecule has 29 heavy (non-hydrogen) atoms. The summed E-state index contributed by atoms with van der Waals surface area (Å²) < 4.78 is 61.0. The zero-order valence-corrected chi connectivity index (χ0v) is 16.1. The van der Waals surface area contributed by atoms with E-state index in [1.807, 2.05) is 0 Å². The highest BCUT2D eigenvalue weighted by Crippen LogP contribution is 2.22. The van der Waals surface area contributed by atoms with Gasteiger partial charge >= 0.3 is 6.61 Å². The number of ketones is 1. The second kappa shape index (κ2) is 9.25. The smallest absolute Gasteiger partial charge is 0.387 e. The molecule has 9 heteroatoms. The maximum atomic E-state index is 12.6. The number of hydrogen-bond acceptors (Lipinski definition) is 5. The van der Waals surface area contributed by atoms with E-state index in [0.29, 0.717) is 18.8 Å². The molecule has 0 amide bonds. The lowest BCUT2D eigenvalue weighted by atomic mass is 10.1. The molecule has 3 rings (SSSR count). The fourth-order valence-electron chi connectivity index (χ4n) is 2.81. The number of para-hydroxylation sites is 1. The zero-order valence-electron chi connectivity index (χ0n) is 15.3. The molecule has 1 heterocycles. The van der Waals surface area contributed by atoms with Gasteiger partial charge in [-0.25, -0.2) is 8.42 Å². The van der Waals surface area contributed by atoms with Gasteiger partial charge in [-0.15, -0.1) is 0 Å². The van der Waals surface area contributed by atoms with Gasteiger partial charge in [0.1, 0.15) is 5.75 Å². The normalized spacial score (nSPS) is 15.7. The Morgan fingerprint density at radius 3 is 2.38 bits per heavy atom. The molecule has 1 saturated heterocycles. The largest absolute Gasteiger partial charge is 0.434 e. The number of carbonyl (C=O) groups excluding carboxylic acids is 1. The van der Waals surface area contributed by atoms with Crippen LogP contribution < -0.4 is 4.74 Å². The monoisotopic (exact) mass is 423 g/mol. The summed E-state index contributed by atoms with van der Waals surface area (Å²) in [5, 5.41) is 0. The number of ether oxygens (including phenoxy) is 2. The Bertz CT molecular complexity index is 984. The highest BCUT2D eigenvalue weighted by atomic mass is 32.2. The first kappa shape index (κ1) is 21.1. The fraction of sp³-hybridized carbons (Fsp3) is 0.250. The molecule has 154 valence electrons. The van der Waals surface area contributed by atoms with E-state index >= 15 is 0 Å². The molecule has 1 aliphatic heterocycles. The summed E-state index contributed by atoms with van der Waals surface area (Å²) in [6, 6.07) is 11.7. The standard InChI is InChI=1S/C20H19F2NO5S/c21-20(22)28-19-4-2-1-3-16(19)7-10-18(24)15-5-8-17(9-6-15)29(25,26)23-11-13-27-14-12-23/h1-10,20H,11-14H2. The average molecular weight is 423 g/mol. The van der Waals surface area contributed by atoms with Crippen LogP contribution in [0.2, 0.25) is 0 Å². The number of allylic oxidation sites excluding steroid dienone is 1. The van der Waals surface area contributed by atoms with Crippen LogP contribution in [0.5, 0.6) is 5.75 Å². The molecular formula is C20H19F2NO5S. The van der Waals surface area contributed by atoms with Crippen LogP contribution in [0.25, 0.3) is 6.08 Å². The van der Waals surface area contributed by atoms with E-state index in [2.05, 4.69) is 4.74 Å². The van der Waals surface area contributed by atoms with Gasteiger partial charge < -0.3 is 9.47 Å². The third-order valence-corrected chi connectivity index (χ3v) is 6.21. The van der Waals surface area contributed by atoms with E-state index in [0.717, 1.165) is 0 Å². The Labute approximate surface area is 167 Å². The van der Waals surface area contributed by atoms with Gasteiger partial charge in [0.25, 0.3) is 0 Å². The van der Waals surface area contributed by atoms with E-state index in [4.69, 9.17) is 4.74 Å². The highest BCUT2D eigenvalue weighted by molar-refractivity contribution is 7.89. The molecule has 0 N–H and O–H groups in total. The number of sulfonamides is 1. The maximum absolute atomic E-state index is 12.6. The fourth-order valence-corrected chi connectivity index (χ4v) is 4.22. The number of nitrogens with zero attached hydrogens (tertiary/aromatic N) is 1. The number of rotatable bonds is 7. The third-order valence-electron chi connectivity index (χ3n) is 4.30. The molecule has 0 spiro atoms. The van der Waals surface area contributed by atoms with Gasteiger partial charge in [-0.3, -0.25) is 4.79 Å². The van der Waals surface area contributed by atoms with Crippen LogP contribution in [-0.4, -0.2) is 51.4 Å². The Morgan fingerprint density at radius 2 is 1.72 bits per heavy atom. The molecule has 0 aromatic heterocycles. The van der Waals surface area contributed by atoms with E-state index in [1.54, 1.807) is 18.2 Å². The molecule has 0 radical (unpaired) electrons. The topological polar surface area (TPSA) is 72.9 Å². The SMILES string of the molecule is O=C(C=Cc1ccccc1OC(F)F)c1ccc(S(=O)(=O)N2CCOCC2)cc1. The van der Waals surface area contributed by atoms with Crippen molar-refractivity contribution < 1.29 is 31.5 Å². The molecule has 2 aromatic rings. The molecule has 0 unspecified atom stereocenters. The summed E-state index contributed by atoms with van der Waals surface area (Å²) in [7, 11) is -3.64. The van der Waals surface area contributed by atoms with E-state index in [9.17, 15) is 22.0 Å². The predicted molar refractivity (Wildman–Crippen MR) is 102 cm³/mol. The number of alkyl halides is 2. The molecule has 1 fully saturated rings. The van der Waals surface area contributed by atoms with Gasteiger partial charge in [-0.2, -0.15) is 13.1 Å². The Morgan fingerprint density at radius 1 is 1.07 bits per heavy atom. The number of benzene rings is 2. The van der Waals surface area contributed by atoms with Gasteiger partial charge in [-0.1, -0.05) is 18.2 Å². The van der Waals surface area contributed by atoms with Crippen LogP contribution in [0.1, 0.15) is 15.9 Å². The van der Waals surface area contributed by atoms with Gasteiger partial charge in [0.2, 0.25) is 10.0 Å².